The molecule has 2 nitrogen and oxygen atoms in total. The van der Waals surface area contributed by atoms with Crippen LogP contribution in [0.4, 0.5) is 4.39 Å². The Bertz CT molecular complexity index is 119. The van der Waals surface area contributed by atoms with Gasteiger partial charge in [-0.2, -0.15) is 0 Å². The van der Waals surface area contributed by atoms with E-state index in [1.54, 1.807) is 7.05 Å². The molecule has 3 heteroatoms. The number of nitrogens with one attached hydrogen (secondary N) is 1. The summed E-state index contributed by atoms with van der Waals surface area (Å²) < 4.78 is 13.2. The third-order valence-corrected chi connectivity index (χ3v) is 2.34. The highest BCUT2D eigenvalue weighted by molar-refractivity contribution is 4.79. The van der Waals surface area contributed by atoms with Crippen LogP contribution in [0.5, 0.6) is 0 Å². The fourth-order valence-electron chi connectivity index (χ4n) is 1.63. The highest BCUT2D eigenvalue weighted by atomic mass is 19.1. The molecule has 0 aromatic rings. The zero-order valence-corrected chi connectivity index (χ0v) is 7.31. The summed E-state index contributed by atoms with van der Waals surface area (Å²) >= 11 is 0. The van der Waals surface area contributed by atoms with E-state index >= 15 is 0 Å². The maximum absolute atomic E-state index is 13.2. The van der Waals surface area contributed by atoms with E-state index in [-0.39, 0.29) is 5.92 Å². The minimum atomic E-state index is -0.662. The molecular formula is C8H17FN2. The summed E-state index contributed by atoms with van der Waals surface area (Å²) in [5, 5.41) is 2.87. The molecule has 66 valence electrons. The van der Waals surface area contributed by atoms with E-state index < -0.39 is 6.17 Å². The molecule has 0 radical (unpaired) electrons. The summed E-state index contributed by atoms with van der Waals surface area (Å²) in [6.45, 7) is 2.47. The standard InChI is InChI=1S/C8H17FN2/c1-10-5-8(9)7-3-4-11(2)6-7/h7-8,10H,3-6H2,1-2H3. The number of alkyl halides is 1. The molecule has 0 aromatic carbocycles. The van der Waals surface area contributed by atoms with Crippen molar-refractivity contribution < 1.29 is 4.39 Å². The second-order valence-corrected chi connectivity index (χ2v) is 3.38. The Morgan fingerprint density at radius 2 is 2.45 bits per heavy atom. The molecule has 1 heterocycles. The maximum Gasteiger partial charge on any atom is 0.117 e. The van der Waals surface area contributed by atoms with Crippen molar-refractivity contribution in [1.82, 2.24) is 10.2 Å². The molecule has 0 saturated carbocycles. The first-order valence-corrected chi connectivity index (χ1v) is 4.21. The van der Waals surface area contributed by atoms with Gasteiger partial charge in [-0.15, -0.1) is 0 Å². The number of nitrogens with zero attached hydrogens (tertiary/aromatic N) is 1. The summed E-state index contributed by atoms with van der Waals surface area (Å²) in [4.78, 5) is 2.19. The van der Waals surface area contributed by atoms with Gasteiger partial charge in [0, 0.05) is 19.0 Å². The molecule has 1 fully saturated rings. The van der Waals surface area contributed by atoms with Crippen LogP contribution in [-0.4, -0.2) is 44.8 Å². The zero-order valence-electron chi connectivity index (χ0n) is 7.31. The van der Waals surface area contributed by atoms with Crippen molar-refractivity contribution in [2.45, 2.75) is 12.6 Å². The monoisotopic (exact) mass is 160 g/mol. The van der Waals surface area contributed by atoms with E-state index in [4.69, 9.17) is 0 Å². The van der Waals surface area contributed by atoms with Crippen LogP contribution in [0.3, 0.4) is 0 Å². The van der Waals surface area contributed by atoms with Gasteiger partial charge in [0.25, 0.3) is 0 Å². The van der Waals surface area contributed by atoms with Crippen LogP contribution in [0.1, 0.15) is 6.42 Å². The van der Waals surface area contributed by atoms with Gasteiger partial charge in [0.1, 0.15) is 6.17 Å². The van der Waals surface area contributed by atoms with Crippen molar-refractivity contribution in [3.63, 3.8) is 0 Å². The highest BCUT2D eigenvalue weighted by Gasteiger charge is 2.26. The first kappa shape index (κ1) is 8.94. The van der Waals surface area contributed by atoms with Gasteiger partial charge in [0.2, 0.25) is 0 Å². The fraction of sp³-hybridized carbons (Fsp3) is 1.00. The van der Waals surface area contributed by atoms with E-state index in [1.807, 2.05) is 7.05 Å². The molecule has 0 bridgehead atoms. The molecule has 1 rings (SSSR count). The second-order valence-electron chi connectivity index (χ2n) is 3.38. The average Bonchev–Trinajstić information content (AvgIpc) is 2.36. The third kappa shape index (κ3) is 2.42. The van der Waals surface area contributed by atoms with Crippen molar-refractivity contribution in [3.8, 4) is 0 Å². The van der Waals surface area contributed by atoms with Gasteiger partial charge in [0.05, 0.1) is 0 Å². The first-order valence-electron chi connectivity index (χ1n) is 4.21. The number of hydrogen-bond acceptors (Lipinski definition) is 2. The number of hydrogen-bond donors (Lipinski definition) is 1. The zero-order chi connectivity index (χ0) is 8.27. The molecule has 11 heavy (non-hydrogen) atoms. The largest absolute Gasteiger partial charge is 0.317 e. The Balaban J connectivity index is 2.25. The van der Waals surface area contributed by atoms with Crippen molar-refractivity contribution in [1.29, 1.82) is 0 Å². The van der Waals surface area contributed by atoms with Crippen LogP contribution in [0, 0.1) is 5.92 Å². The Morgan fingerprint density at radius 3 is 2.91 bits per heavy atom. The Kier molecular flexibility index (Phi) is 3.27. The van der Waals surface area contributed by atoms with Crippen molar-refractivity contribution >= 4 is 0 Å². The van der Waals surface area contributed by atoms with Gasteiger partial charge in [-0.1, -0.05) is 0 Å². The SMILES string of the molecule is CNCC(F)C1CCN(C)C1. The van der Waals surface area contributed by atoms with E-state index in [0.717, 1.165) is 19.5 Å². The topological polar surface area (TPSA) is 15.3 Å². The van der Waals surface area contributed by atoms with Gasteiger partial charge in [-0.3, -0.25) is 0 Å². The summed E-state index contributed by atoms with van der Waals surface area (Å²) in [5.74, 6) is 0.257. The van der Waals surface area contributed by atoms with E-state index in [1.165, 1.54) is 0 Å². The molecule has 0 aliphatic carbocycles. The Hall–Kier alpha value is -0.150. The lowest BCUT2D eigenvalue weighted by Crippen LogP contribution is -2.29. The minimum absolute atomic E-state index is 0.257. The van der Waals surface area contributed by atoms with Gasteiger partial charge in [0.15, 0.2) is 0 Å². The van der Waals surface area contributed by atoms with Crippen molar-refractivity contribution in [3.05, 3.63) is 0 Å². The molecule has 1 aliphatic rings. The summed E-state index contributed by atoms with van der Waals surface area (Å²) in [6, 6.07) is 0. The molecule has 1 N–H and O–H groups in total. The van der Waals surface area contributed by atoms with Crippen molar-refractivity contribution in [2.24, 2.45) is 5.92 Å². The minimum Gasteiger partial charge on any atom is -0.317 e. The van der Waals surface area contributed by atoms with Crippen LogP contribution in [-0.2, 0) is 0 Å². The highest BCUT2D eigenvalue weighted by Crippen LogP contribution is 2.19. The third-order valence-electron chi connectivity index (χ3n) is 2.34. The molecule has 0 amide bonds. The first-order chi connectivity index (χ1) is 5.24. The van der Waals surface area contributed by atoms with Gasteiger partial charge < -0.3 is 10.2 Å². The lowest BCUT2D eigenvalue weighted by molar-refractivity contribution is 0.225. The molecular weight excluding hydrogens is 143 g/mol. The second kappa shape index (κ2) is 4.02. The maximum atomic E-state index is 13.2. The Morgan fingerprint density at radius 1 is 1.73 bits per heavy atom. The lowest BCUT2D eigenvalue weighted by atomic mass is 10.0. The molecule has 2 unspecified atom stereocenters. The molecule has 0 aromatic heterocycles. The van der Waals surface area contributed by atoms with Crippen molar-refractivity contribution in [2.75, 3.05) is 33.7 Å². The van der Waals surface area contributed by atoms with Crippen LogP contribution in [0.2, 0.25) is 0 Å². The van der Waals surface area contributed by atoms with Gasteiger partial charge in [-0.25, -0.2) is 4.39 Å². The van der Waals surface area contributed by atoms with E-state index in [2.05, 4.69) is 10.2 Å². The van der Waals surface area contributed by atoms with E-state index in [9.17, 15) is 4.39 Å². The predicted molar refractivity (Wildman–Crippen MR) is 44.4 cm³/mol. The lowest BCUT2D eigenvalue weighted by Gasteiger charge is -2.14. The Labute approximate surface area is 67.8 Å². The smallest absolute Gasteiger partial charge is 0.117 e. The van der Waals surface area contributed by atoms with E-state index in [0.29, 0.717) is 6.54 Å². The van der Waals surface area contributed by atoms with Crippen LogP contribution in [0.15, 0.2) is 0 Å². The average molecular weight is 160 g/mol. The van der Waals surface area contributed by atoms with Crippen LogP contribution >= 0.6 is 0 Å². The summed E-state index contributed by atoms with van der Waals surface area (Å²) in [5.41, 5.74) is 0. The van der Waals surface area contributed by atoms with Gasteiger partial charge in [-0.05, 0) is 27.1 Å². The molecule has 1 saturated heterocycles. The predicted octanol–water partition coefficient (Wildman–Crippen LogP) is 0.496. The van der Waals surface area contributed by atoms with Crippen LogP contribution in [0.25, 0.3) is 0 Å². The molecule has 0 spiro atoms. The quantitative estimate of drug-likeness (QED) is 0.646. The molecule has 2 atom stereocenters. The fourth-order valence-corrected chi connectivity index (χ4v) is 1.63. The number of halogens is 1. The van der Waals surface area contributed by atoms with Gasteiger partial charge >= 0.3 is 0 Å². The normalized spacial score (nSPS) is 29.2. The molecule has 1 aliphatic heterocycles. The summed E-state index contributed by atoms with van der Waals surface area (Å²) in [6.07, 6.45) is 0.351. The summed E-state index contributed by atoms with van der Waals surface area (Å²) in [7, 11) is 3.84. The number of likely N-dealkylation sites (tertiary alicyclic amines) is 1. The van der Waals surface area contributed by atoms with Crippen LogP contribution < -0.4 is 5.32 Å². The number of rotatable bonds is 3.